The van der Waals surface area contributed by atoms with Crippen molar-refractivity contribution in [3.8, 4) is 0 Å². The van der Waals surface area contributed by atoms with Gasteiger partial charge in [-0.3, -0.25) is 11.5 Å². The molecule has 0 bridgehead atoms. The number of nitrogens with two attached hydrogens (primary N) is 2. The fourth-order valence-corrected chi connectivity index (χ4v) is 3.50. The Hall–Kier alpha value is 0.250. The van der Waals surface area contributed by atoms with Gasteiger partial charge in [0, 0.05) is 24.3 Å². The number of ether oxygens (including phenoxy) is 1. The third-order valence-electron chi connectivity index (χ3n) is 2.94. The molecule has 2 aliphatic rings. The Labute approximate surface area is 112 Å². The van der Waals surface area contributed by atoms with E-state index in [0.29, 0.717) is 6.61 Å². The molecule has 94 valence electrons. The molecule has 0 spiro atoms. The van der Waals surface area contributed by atoms with Gasteiger partial charge in [0.1, 0.15) is 0 Å². The second-order valence-electron chi connectivity index (χ2n) is 4.08. The Balaban J connectivity index is 0.00000128. The van der Waals surface area contributed by atoms with Crippen LogP contribution in [0.1, 0.15) is 25.7 Å². The first-order valence-corrected chi connectivity index (χ1v) is 6.22. The van der Waals surface area contributed by atoms with Crippen molar-refractivity contribution in [1.29, 1.82) is 0 Å². The number of hydrogen-bond donors (Lipinski definition) is 2. The van der Waals surface area contributed by atoms with Gasteiger partial charge in [0.25, 0.3) is 0 Å². The average molecular weight is 310 g/mol. The minimum atomic E-state index is -0.756. The summed E-state index contributed by atoms with van der Waals surface area (Å²) in [5.74, 6) is 0. The molecule has 6 heteroatoms. The molecule has 0 radical (unpaired) electrons. The predicted molar refractivity (Wildman–Crippen MR) is 73.1 cm³/mol. The molecule has 1 aliphatic carbocycles. The average Bonchev–Trinajstić information content (AvgIpc) is 2.45. The molecule has 4 nitrogen and oxygen atoms in total. The summed E-state index contributed by atoms with van der Waals surface area (Å²) in [6.45, 7) is 1.46. The summed E-state index contributed by atoms with van der Waals surface area (Å²) in [6.07, 6.45) is 4.76. The maximum atomic E-state index is 6.09. The van der Waals surface area contributed by atoms with E-state index in [4.69, 9.17) is 16.2 Å². The number of halogens is 1. The number of nitrogens with zero attached hydrogens (tertiary/aromatic N) is 1. The zero-order valence-electron chi connectivity index (χ0n) is 9.57. The van der Waals surface area contributed by atoms with Crippen molar-refractivity contribution in [3.63, 3.8) is 0 Å². The highest BCUT2D eigenvalue weighted by Crippen LogP contribution is 2.46. The van der Waals surface area contributed by atoms with Gasteiger partial charge in [-0.25, -0.2) is 0 Å². The summed E-state index contributed by atoms with van der Waals surface area (Å²) in [5.41, 5.74) is 13.5. The van der Waals surface area contributed by atoms with E-state index < -0.39 is 5.12 Å². The first-order valence-electron chi connectivity index (χ1n) is 5.40. The molecule has 2 rings (SSSR count). The Morgan fingerprint density at radius 3 is 2.75 bits per heavy atom. The molecule has 16 heavy (non-hydrogen) atoms. The van der Waals surface area contributed by atoms with Crippen LogP contribution in [0, 0.1) is 0 Å². The lowest BCUT2D eigenvalue weighted by Gasteiger charge is -2.34. The van der Waals surface area contributed by atoms with E-state index >= 15 is 0 Å². The normalized spacial score (nSPS) is 23.1. The van der Waals surface area contributed by atoms with Crippen LogP contribution in [-0.4, -0.2) is 30.3 Å². The SMILES string of the molecule is Br.COCCN1C2=C(CCCC2)SC1(N)N. The molecular weight excluding hydrogens is 290 g/mol. The number of methoxy groups -OCH3 is 1. The fraction of sp³-hybridized carbons (Fsp3) is 0.800. The second-order valence-corrected chi connectivity index (χ2v) is 5.43. The maximum absolute atomic E-state index is 6.09. The molecule has 0 atom stereocenters. The highest BCUT2D eigenvalue weighted by atomic mass is 79.9. The van der Waals surface area contributed by atoms with E-state index in [1.165, 1.54) is 23.4 Å². The van der Waals surface area contributed by atoms with Crippen LogP contribution in [0.25, 0.3) is 0 Å². The third-order valence-corrected chi connectivity index (χ3v) is 4.18. The second kappa shape index (κ2) is 5.73. The van der Waals surface area contributed by atoms with Crippen molar-refractivity contribution >= 4 is 28.7 Å². The molecule has 0 amide bonds. The van der Waals surface area contributed by atoms with Crippen LogP contribution in [0.5, 0.6) is 0 Å². The van der Waals surface area contributed by atoms with Crippen LogP contribution in [-0.2, 0) is 4.74 Å². The van der Waals surface area contributed by atoms with Gasteiger partial charge < -0.3 is 9.64 Å². The summed E-state index contributed by atoms with van der Waals surface area (Å²) in [5, 5.41) is -0.756. The van der Waals surface area contributed by atoms with Crippen LogP contribution in [0.4, 0.5) is 0 Å². The van der Waals surface area contributed by atoms with Gasteiger partial charge in [0.05, 0.1) is 6.61 Å². The van der Waals surface area contributed by atoms with Crippen LogP contribution in [0.15, 0.2) is 10.6 Å². The topological polar surface area (TPSA) is 64.5 Å². The zero-order valence-corrected chi connectivity index (χ0v) is 12.1. The molecule has 0 aromatic rings. The molecule has 1 heterocycles. The van der Waals surface area contributed by atoms with Crippen LogP contribution in [0.3, 0.4) is 0 Å². The molecule has 0 fully saturated rings. The van der Waals surface area contributed by atoms with Crippen molar-refractivity contribution in [2.75, 3.05) is 20.3 Å². The van der Waals surface area contributed by atoms with E-state index in [9.17, 15) is 0 Å². The van der Waals surface area contributed by atoms with Crippen molar-refractivity contribution in [3.05, 3.63) is 10.6 Å². The number of rotatable bonds is 3. The van der Waals surface area contributed by atoms with Gasteiger partial charge >= 0.3 is 0 Å². The Morgan fingerprint density at radius 1 is 1.38 bits per heavy atom. The zero-order chi connectivity index (χ0) is 10.9. The van der Waals surface area contributed by atoms with E-state index in [2.05, 4.69) is 4.90 Å². The summed E-state index contributed by atoms with van der Waals surface area (Å²) < 4.78 is 5.09. The lowest BCUT2D eigenvalue weighted by Crippen LogP contribution is -2.58. The Bertz CT molecular complexity index is 283. The van der Waals surface area contributed by atoms with E-state index in [1.807, 2.05) is 0 Å². The molecule has 0 saturated carbocycles. The molecule has 0 unspecified atom stereocenters. The molecule has 0 aromatic heterocycles. The van der Waals surface area contributed by atoms with E-state index in [-0.39, 0.29) is 17.0 Å². The summed E-state index contributed by atoms with van der Waals surface area (Å²) >= 11 is 1.62. The largest absolute Gasteiger partial charge is 0.383 e. The van der Waals surface area contributed by atoms with Crippen LogP contribution >= 0.6 is 28.7 Å². The first-order chi connectivity index (χ1) is 7.15. The highest BCUT2D eigenvalue weighted by Gasteiger charge is 2.40. The number of hydrogen-bond acceptors (Lipinski definition) is 5. The molecule has 0 aromatic carbocycles. The predicted octanol–water partition coefficient (Wildman–Crippen LogP) is 1.57. The summed E-state index contributed by atoms with van der Waals surface area (Å²) in [4.78, 5) is 3.50. The fourth-order valence-electron chi connectivity index (χ4n) is 2.21. The Morgan fingerprint density at radius 2 is 2.06 bits per heavy atom. The summed E-state index contributed by atoms with van der Waals surface area (Å²) in [7, 11) is 1.70. The Kier molecular flexibility index (Phi) is 5.12. The molecule has 1 aliphatic heterocycles. The first kappa shape index (κ1) is 14.3. The van der Waals surface area contributed by atoms with Gasteiger partial charge in [-0.1, -0.05) is 11.8 Å². The standard InChI is InChI=1S/C10H19N3OS.BrH/c1-14-7-6-13-8-4-2-3-5-9(8)15-10(13,11)12;/h2-7,11-12H2,1H3;1H. The quantitative estimate of drug-likeness (QED) is 0.775. The van der Waals surface area contributed by atoms with Crippen molar-refractivity contribution < 1.29 is 4.74 Å². The summed E-state index contributed by atoms with van der Waals surface area (Å²) in [6, 6.07) is 0. The highest BCUT2D eigenvalue weighted by molar-refractivity contribution is 8.93. The van der Waals surface area contributed by atoms with E-state index in [0.717, 1.165) is 19.4 Å². The number of thioether (sulfide) groups is 1. The minimum Gasteiger partial charge on any atom is -0.383 e. The molecular formula is C10H20BrN3OS. The van der Waals surface area contributed by atoms with E-state index in [1.54, 1.807) is 18.9 Å². The van der Waals surface area contributed by atoms with Crippen LogP contribution < -0.4 is 11.5 Å². The van der Waals surface area contributed by atoms with Gasteiger partial charge in [-0.05, 0) is 25.7 Å². The molecule has 0 saturated heterocycles. The smallest absolute Gasteiger partial charge is 0.195 e. The monoisotopic (exact) mass is 309 g/mol. The van der Waals surface area contributed by atoms with Gasteiger partial charge in [0.2, 0.25) is 0 Å². The lowest BCUT2D eigenvalue weighted by molar-refractivity contribution is 0.134. The van der Waals surface area contributed by atoms with Crippen molar-refractivity contribution in [2.45, 2.75) is 30.8 Å². The van der Waals surface area contributed by atoms with Gasteiger partial charge in [0.15, 0.2) is 5.12 Å². The maximum Gasteiger partial charge on any atom is 0.195 e. The number of allylic oxidation sites excluding steroid dienone is 2. The molecule has 4 N–H and O–H groups in total. The van der Waals surface area contributed by atoms with Crippen molar-refractivity contribution in [1.82, 2.24) is 4.90 Å². The van der Waals surface area contributed by atoms with Gasteiger partial charge in [-0.15, -0.1) is 17.0 Å². The van der Waals surface area contributed by atoms with Crippen molar-refractivity contribution in [2.24, 2.45) is 11.5 Å². The minimum absolute atomic E-state index is 0. The van der Waals surface area contributed by atoms with Gasteiger partial charge in [-0.2, -0.15) is 0 Å². The third kappa shape index (κ3) is 2.73. The lowest BCUT2D eigenvalue weighted by atomic mass is 10.0. The van der Waals surface area contributed by atoms with Crippen LogP contribution in [0.2, 0.25) is 0 Å².